The first-order valence-corrected chi connectivity index (χ1v) is 9.49. The Morgan fingerprint density at radius 2 is 1.96 bits per heavy atom. The van der Waals surface area contributed by atoms with Gasteiger partial charge in [-0.1, -0.05) is 24.3 Å². The summed E-state index contributed by atoms with van der Waals surface area (Å²) in [5.41, 5.74) is 2.80. The van der Waals surface area contributed by atoms with E-state index in [0.29, 0.717) is 24.7 Å². The van der Waals surface area contributed by atoms with Gasteiger partial charge in [0.2, 0.25) is 5.91 Å². The second-order valence-electron chi connectivity index (χ2n) is 7.62. The van der Waals surface area contributed by atoms with E-state index >= 15 is 0 Å². The highest BCUT2D eigenvalue weighted by atomic mass is 16.3. The van der Waals surface area contributed by atoms with E-state index in [4.69, 9.17) is 0 Å². The van der Waals surface area contributed by atoms with Gasteiger partial charge in [0.15, 0.2) is 5.82 Å². The van der Waals surface area contributed by atoms with Gasteiger partial charge in [-0.15, -0.1) is 10.2 Å². The maximum absolute atomic E-state index is 12.9. The summed E-state index contributed by atoms with van der Waals surface area (Å²) in [6.45, 7) is 1.43. The molecule has 0 radical (unpaired) electrons. The van der Waals surface area contributed by atoms with Crippen molar-refractivity contribution in [3.05, 3.63) is 47.0 Å². The molecule has 0 bridgehead atoms. The van der Waals surface area contributed by atoms with Gasteiger partial charge in [0, 0.05) is 32.5 Å². The minimum absolute atomic E-state index is 0.110. The van der Waals surface area contributed by atoms with Gasteiger partial charge in [-0.25, -0.2) is 0 Å². The van der Waals surface area contributed by atoms with Crippen molar-refractivity contribution in [2.24, 2.45) is 13.0 Å². The van der Waals surface area contributed by atoms with Crippen LogP contribution in [0.3, 0.4) is 0 Å². The molecule has 1 atom stereocenters. The van der Waals surface area contributed by atoms with Crippen LogP contribution in [0.25, 0.3) is 0 Å². The Hall–Kier alpha value is -2.21. The zero-order chi connectivity index (χ0) is 18.1. The van der Waals surface area contributed by atoms with Gasteiger partial charge >= 0.3 is 0 Å². The number of fused-ring (bicyclic) bond motifs is 1. The van der Waals surface area contributed by atoms with E-state index in [1.54, 1.807) is 0 Å². The molecule has 0 unspecified atom stereocenters. The number of carbonyl (C=O) groups is 1. The van der Waals surface area contributed by atoms with Crippen molar-refractivity contribution < 1.29 is 9.90 Å². The predicted molar refractivity (Wildman–Crippen MR) is 97.4 cm³/mol. The molecule has 6 heteroatoms. The van der Waals surface area contributed by atoms with Crippen LogP contribution in [0.4, 0.5) is 0 Å². The topological polar surface area (TPSA) is 71.2 Å². The monoisotopic (exact) mass is 354 g/mol. The molecule has 1 aliphatic heterocycles. The number of hydrogen-bond acceptors (Lipinski definition) is 4. The van der Waals surface area contributed by atoms with Gasteiger partial charge in [-0.2, -0.15) is 0 Å². The fourth-order valence-corrected chi connectivity index (χ4v) is 4.45. The number of carbonyl (C=O) groups excluding carboxylic acids is 1. The van der Waals surface area contributed by atoms with Crippen LogP contribution in [0.1, 0.15) is 48.0 Å². The van der Waals surface area contributed by atoms with Crippen LogP contribution in [-0.4, -0.2) is 43.8 Å². The Morgan fingerprint density at radius 1 is 1.23 bits per heavy atom. The van der Waals surface area contributed by atoms with Crippen LogP contribution < -0.4 is 0 Å². The third-order valence-corrected chi connectivity index (χ3v) is 5.88. The summed E-state index contributed by atoms with van der Waals surface area (Å²) >= 11 is 0. The van der Waals surface area contributed by atoms with Crippen molar-refractivity contribution in [3.8, 4) is 0 Å². The first kappa shape index (κ1) is 17.2. The number of aromatic nitrogens is 3. The molecule has 2 aliphatic rings. The van der Waals surface area contributed by atoms with Crippen LogP contribution in [0.2, 0.25) is 0 Å². The average molecular weight is 354 g/mol. The molecule has 1 saturated heterocycles. The second-order valence-corrected chi connectivity index (χ2v) is 7.62. The molecule has 1 aromatic carbocycles. The number of rotatable bonds is 4. The molecular weight excluding hydrogens is 328 g/mol. The molecule has 0 spiro atoms. The largest absolute Gasteiger partial charge is 0.388 e. The summed E-state index contributed by atoms with van der Waals surface area (Å²) in [6, 6.07) is 8.53. The van der Waals surface area contributed by atoms with E-state index in [9.17, 15) is 9.90 Å². The van der Waals surface area contributed by atoms with E-state index in [1.807, 2.05) is 16.5 Å². The maximum atomic E-state index is 12.9. The van der Waals surface area contributed by atoms with Crippen molar-refractivity contribution in [2.75, 3.05) is 13.1 Å². The quantitative estimate of drug-likeness (QED) is 0.909. The predicted octanol–water partition coefficient (Wildman–Crippen LogP) is 1.82. The van der Waals surface area contributed by atoms with Crippen molar-refractivity contribution in [1.82, 2.24) is 19.7 Å². The van der Waals surface area contributed by atoms with Crippen molar-refractivity contribution in [1.29, 1.82) is 0 Å². The number of likely N-dealkylation sites (tertiary alicyclic amines) is 1. The first-order valence-electron chi connectivity index (χ1n) is 9.49. The first-order chi connectivity index (χ1) is 12.7. The Labute approximate surface area is 153 Å². The maximum Gasteiger partial charge on any atom is 0.222 e. The van der Waals surface area contributed by atoms with Crippen LogP contribution in [0.5, 0.6) is 0 Å². The fraction of sp³-hybridized carbons (Fsp3) is 0.550. The van der Waals surface area contributed by atoms with Crippen LogP contribution >= 0.6 is 0 Å². The highest BCUT2D eigenvalue weighted by molar-refractivity contribution is 5.76. The zero-order valence-corrected chi connectivity index (χ0v) is 15.3. The molecule has 26 heavy (non-hydrogen) atoms. The van der Waals surface area contributed by atoms with Gasteiger partial charge in [0.05, 0.1) is 0 Å². The van der Waals surface area contributed by atoms with Crippen molar-refractivity contribution in [3.63, 3.8) is 0 Å². The second kappa shape index (κ2) is 7.19. The number of aliphatic hydroxyl groups is 1. The molecule has 1 aliphatic carbocycles. The summed E-state index contributed by atoms with van der Waals surface area (Å²) in [6.07, 6.45) is 4.66. The Balaban J connectivity index is 1.38. The Kier molecular flexibility index (Phi) is 4.76. The van der Waals surface area contributed by atoms with Gasteiger partial charge < -0.3 is 14.6 Å². The highest BCUT2D eigenvalue weighted by Gasteiger charge is 2.30. The smallest absolute Gasteiger partial charge is 0.222 e. The lowest BCUT2D eigenvalue weighted by Gasteiger charge is -2.33. The fourth-order valence-electron chi connectivity index (χ4n) is 4.45. The third kappa shape index (κ3) is 3.26. The Morgan fingerprint density at radius 3 is 2.62 bits per heavy atom. The highest BCUT2D eigenvalue weighted by Crippen LogP contribution is 2.31. The normalized spacial score (nSPS) is 20.4. The molecule has 4 rings (SSSR count). The van der Waals surface area contributed by atoms with Gasteiger partial charge in [-0.05, 0) is 42.7 Å². The molecule has 1 fully saturated rings. The van der Waals surface area contributed by atoms with Crippen LogP contribution in [-0.2, 0) is 31.3 Å². The number of amides is 1. The van der Waals surface area contributed by atoms with E-state index in [2.05, 4.69) is 34.5 Å². The van der Waals surface area contributed by atoms with Gasteiger partial charge in [0.1, 0.15) is 12.4 Å². The van der Waals surface area contributed by atoms with Crippen molar-refractivity contribution >= 4 is 5.91 Å². The SMILES string of the molecule is Cn1c(CO)nnc1[C@@H]1CCCN(C(=O)CC2Cc3ccccc3C2)C1. The molecule has 1 N–H and O–H groups in total. The minimum Gasteiger partial charge on any atom is -0.388 e. The summed E-state index contributed by atoms with van der Waals surface area (Å²) < 4.78 is 1.87. The summed E-state index contributed by atoms with van der Waals surface area (Å²) in [5, 5.41) is 17.6. The lowest BCUT2D eigenvalue weighted by Crippen LogP contribution is -2.40. The number of benzene rings is 1. The average Bonchev–Trinajstić information content (AvgIpc) is 3.24. The third-order valence-electron chi connectivity index (χ3n) is 5.88. The number of hydrogen-bond donors (Lipinski definition) is 1. The molecule has 1 amide bonds. The van der Waals surface area contributed by atoms with E-state index in [-0.39, 0.29) is 18.4 Å². The number of aliphatic hydroxyl groups excluding tert-OH is 1. The van der Waals surface area contributed by atoms with E-state index in [1.165, 1.54) is 11.1 Å². The Bertz CT molecular complexity index is 776. The molecule has 1 aromatic heterocycles. The molecule has 2 aromatic rings. The molecule has 2 heterocycles. The number of piperidine rings is 1. The van der Waals surface area contributed by atoms with Gasteiger partial charge in [-0.3, -0.25) is 4.79 Å². The lowest BCUT2D eigenvalue weighted by molar-refractivity contribution is -0.133. The van der Waals surface area contributed by atoms with E-state index < -0.39 is 0 Å². The molecular formula is C20H26N4O2. The summed E-state index contributed by atoms with van der Waals surface area (Å²) in [7, 11) is 1.89. The summed E-state index contributed by atoms with van der Waals surface area (Å²) in [5.74, 6) is 2.34. The van der Waals surface area contributed by atoms with Crippen LogP contribution in [0, 0.1) is 5.92 Å². The van der Waals surface area contributed by atoms with Crippen molar-refractivity contribution in [2.45, 2.75) is 44.6 Å². The summed E-state index contributed by atoms with van der Waals surface area (Å²) in [4.78, 5) is 14.9. The lowest BCUT2D eigenvalue weighted by atomic mass is 9.95. The van der Waals surface area contributed by atoms with Gasteiger partial charge in [0.25, 0.3) is 0 Å². The minimum atomic E-state index is -0.110. The van der Waals surface area contributed by atoms with Crippen LogP contribution in [0.15, 0.2) is 24.3 Å². The standard InChI is InChI=1S/C20H26N4O2/c1-23-18(13-25)21-22-20(23)17-7-4-8-24(12-17)19(26)11-14-9-15-5-2-3-6-16(15)10-14/h2-3,5-6,14,17,25H,4,7-13H2,1H3/t17-/m1/s1. The van der Waals surface area contributed by atoms with E-state index in [0.717, 1.165) is 38.1 Å². The molecule has 138 valence electrons. The molecule has 6 nitrogen and oxygen atoms in total. The zero-order valence-electron chi connectivity index (χ0n) is 15.3. The number of nitrogens with zero attached hydrogens (tertiary/aromatic N) is 4. The molecule has 0 saturated carbocycles.